The van der Waals surface area contributed by atoms with Gasteiger partial charge in [0.1, 0.15) is 4.71 Å². The molecule has 0 aromatic heterocycles. The third kappa shape index (κ3) is 4.88. The zero-order chi connectivity index (χ0) is 7.28. The van der Waals surface area contributed by atoms with Crippen molar-refractivity contribution in [2.24, 2.45) is 0 Å². The van der Waals surface area contributed by atoms with Gasteiger partial charge in [0.05, 0.1) is 0 Å². The molecule has 52 valence electrons. The standard InChI is InChI=1S/C5H7ClOS2/c1-3-4(6)9-5(7)8-2/h3-4H,1H2,2H3. The smallest absolute Gasteiger partial charge is 0.247 e. The van der Waals surface area contributed by atoms with Crippen LogP contribution in [0, 0.1) is 0 Å². The zero-order valence-corrected chi connectivity index (χ0v) is 7.35. The summed E-state index contributed by atoms with van der Waals surface area (Å²) in [5.74, 6) is 0. The lowest BCUT2D eigenvalue weighted by Crippen LogP contribution is -1.88. The van der Waals surface area contributed by atoms with Crippen molar-refractivity contribution < 1.29 is 4.79 Å². The quantitative estimate of drug-likeness (QED) is 0.483. The average molecular weight is 183 g/mol. The number of carbonyl (C=O) groups excluding carboxylic acids is 1. The Labute approximate surface area is 68.2 Å². The molecular weight excluding hydrogens is 176 g/mol. The Morgan fingerprint density at radius 3 is 2.78 bits per heavy atom. The molecule has 1 nitrogen and oxygen atoms in total. The molecule has 1 atom stereocenters. The van der Waals surface area contributed by atoms with E-state index in [1.807, 2.05) is 0 Å². The SMILES string of the molecule is C=CC(Cl)SC(=O)SC. The summed E-state index contributed by atoms with van der Waals surface area (Å²) in [6, 6.07) is 0. The molecule has 0 radical (unpaired) electrons. The first-order chi connectivity index (χ1) is 4.20. The fraction of sp³-hybridized carbons (Fsp3) is 0.400. The van der Waals surface area contributed by atoms with Gasteiger partial charge < -0.3 is 0 Å². The van der Waals surface area contributed by atoms with Crippen LogP contribution in [0.5, 0.6) is 0 Å². The summed E-state index contributed by atoms with van der Waals surface area (Å²) in [5, 5.41) is 0. The molecule has 0 aliphatic heterocycles. The minimum atomic E-state index is -0.287. The predicted octanol–water partition coefficient (Wildman–Crippen LogP) is 2.95. The van der Waals surface area contributed by atoms with Crippen LogP contribution in [0.1, 0.15) is 0 Å². The number of hydrogen-bond acceptors (Lipinski definition) is 3. The molecule has 0 bridgehead atoms. The first-order valence-corrected chi connectivity index (χ1v) is 4.76. The fourth-order valence-electron chi connectivity index (χ4n) is 0.188. The molecule has 0 N–H and O–H groups in total. The lowest BCUT2D eigenvalue weighted by atomic mass is 10.8. The molecule has 0 saturated heterocycles. The Bertz CT molecular complexity index is 116. The third-order valence-corrected chi connectivity index (χ3v) is 2.74. The van der Waals surface area contributed by atoms with Crippen molar-refractivity contribution in [2.45, 2.75) is 4.71 Å². The molecule has 0 amide bonds. The maximum atomic E-state index is 10.6. The van der Waals surface area contributed by atoms with Crippen LogP contribution < -0.4 is 0 Å². The Morgan fingerprint density at radius 1 is 1.89 bits per heavy atom. The minimum Gasteiger partial charge on any atom is -0.274 e. The van der Waals surface area contributed by atoms with E-state index >= 15 is 0 Å². The van der Waals surface area contributed by atoms with Crippen LogP contribution in [-0.2, 0) is 0 Å². The van der Waals surface area contributed by atoms with Crippen molar-refractivity contribution in [3.05, 3.63) is 12.7 Å². The van der Waals surface area contributed by atoms with Crippen LogP contribution in [0.4, 0.5) is 4.79 Å². The summed E-state index contributed by atoms with van der Waals surface area (Å²) >= 11 is 7.78. The van der Waals surface area contributed by atoms with Crippen molar-refractivity contribution in [2.75, 3.05) is 6.26 Å². The predicted molar refractivity (Wildman–Crippen MR) is 46.3 cm³/mol. The second-order valence-electron chi connectivity index (χ2n) is 1.16. The largest absolute Gasteiger partial charge is 0.274 e. The van der Waals surface area contributed by atoms with E-state index in [2.05, 4.69) is 6.58 Å². The van der Waals surface area contributed by atoms with E-state index in [0.29, 0.717) is 0 Å². The van der Waals surface area contributed by atoms with Gasteiger partial charge in [0, 0.05) is 0 Å². The van der Waals surface area contributed by atoms with Crippen molar-refractivity contribution in [3.63, 3.8) is 0 Å². The molecule has 0 aromatic carbocycles. The molecular formula is C5H7ClOS2. The van der Waals surface area contributed by atoms with E-state index in [0.717, 1.165) is 23.5 Å². The highest BCUT2D eigenvalue weighted by Crippen LogP contribution is 2.22. The Hall–Kier alpha value is 0.400. The number of thioether (sulfide) groups is 2. The van der Waals surface area contributed by atoms with Crippen LogP contribution in [0.3, 0.4) is 0 Å². The second kappa shape index (κ2) is 5.21. The molecule has 0 aromatic rings. The summed E-state index contributed by atoms with van der Waals surface area (Å²) in [6.45, 7) is 3.43. The average Bonchev–Trinajstić information content (AvgIpc) is 1.87. The van der Waals surface area contributed by atoms with E-state index in [9.17, 15) is 4.79 Å². The Morgan fingerprint density at radius 2 is 2.44 bits per heavy atom. The van der Waals surface area contributed by atoms with Gasteiger partial charge >= 0.3 is 0 Å². The lowest BCUT2D eigenvalue weighted by molar-refractivity contribution is 0.276. The van der Waals surface area contributed by atoms with Gasteiger partial charge in [0.2, 0.25) is 4.45 Å². The summed E-state index contributed by atoms with van der Waals surface area (Å²) in [7, 11) is 0. The first-order valence-electron chi connectivity index (χ1n) is 2.22. The van der Waals surface area contributed by atoms with Gasteiger partial charge in [-0.1, -0.05) is 29.6 Å². The molecule has 1 unspecified atom stereocenters. The van der Waals surface area contributed by atoms with E-state index in [1.54, 1.807) is 6.26 Å². The van der Waals surface area contributed by atoms with E-state index in [-0.39, 0.29) is 9.16 Å². The topological polar surface area (TPSA) is 17.1 Å². The summed E-state index contributed by atoms with van der Waals surface area (Å²) < 4.78 is -0.264. The number of hydrogen-bond donors (Lipinski definition) is 0. The van der Waals surface area contributed by atoms with Crippen molar-refractivity contribution in [1.29, 1.82) is 0 Å². The van der Waals surface area contributed by atoms with Gasteiger partial charge in [0.15, 0.2) is 0 Å². The fourth-order valence-corrected chi connectivity index (χ4v) is 1.57. The molecule has 0 heterocycles. The van der Waals surface area contributed by atoms with E-state index < -0.39 is 0 Å². The molecule has 0 spiro atoms. The lowest BCUT2D eigenvalue weighted by Gasteiger charge is -1.97. The maximum Gasteiger partial charge on any atom is 0.247 e. The van der Waals surface area contributed by atoms with Crippen molar-refractivity contribution >= 4 is 39.6 Å². The normalized spacial score (nSPS) is 12.7. The van der Waals surface area contributed by atoms with Gasteiger partial charge in [-0.15, -0.1) is 18.2 Å². The number of alkyl halides is 1. The third-order valence-electron chi connectivity index (χ3n) is 0.561. The molecule has 0 aliphatic carbocycles. The maximum absolute atomic E-state index is 10.6. The minimum absolute atomic E-state index is 0.0231. The van der Waals surface area contributed by atoms with Gasteiger partial charge in [-0.05, 0) is 6.26 Å². The molecule has 9 heavy (non-hydrogen) atoms. The summed E-state index contributed by atoms with van der Waals surface area (Å²) in [5.41, 5.74) is 0. The first kappa shape index (κ1) is 9.40. The summed E-state index contributed by atoms with van der Waals surface area (Å²) in [4.78, 5) is 10.6. The van der Waals surface area contributed by atoms with Gasteiger partial charge in [-0.25, -0.2) is 0 Å². The zero-order valence-electron chi connectivity index (χ0n) is 4.96. The van der Waals surface area contributed by atoms with Crippen LogP contribution >= 0.6 is 35.1 Å². The molecule has 0 fully saturated rings. The van der Waals surface area contributed by atoms with Crippen LogP contribution in [0.2, 0.25) is 0 Å². The van der Waals surface area contributed by atoms with E-state index in [4.69, 9.17) is 11.6 Å². The number of rotatable bonds is 2. The van der Waals surface area contributed by atoms with Gasteiger partial charge in [-0.2, -0.15) is 0 Å². The highest BCUT2D eigenvalue weighted by atomic mass is 35.5. The molecule has 4 heteroatoms. The van der Waals surface area contributed by atoms with Crippen LogP contribution in [0.15, 0.2) is 12.7 Å². The molecule has 0 rings (SSSR count). The van der Waals surface area contributed by atoms with Crippen LogP contribution in [-0.4, -0.2) is 15.4 Å². The van der Waals surface area contributed by atoms with Crippen molar-refractivity contribution in [3.8, 4) is 0 Å². The summed E-state index contributed by atoms with van der Waals surface area (Å²) in [6.07, 6.45) is 3.25. The second-order valence-corrected chi connectivity index (χ2v) is 4.04. The van der Waals surface area contributed by atoms with Gasteiger partial charge in [0.25, 0.3) is 0 Å². The Balaban J connectivity index is 3.46. The Kier molecular flexibility index (Phi) is 5.44. The molecule has 0 aliphatic rings. The van der Waals surface area contributed by atoms with Crippen molar-refractivity contribution in [1.82, 2.24) is 0 Å². The number of halogens is 1. The van der Waals surface area contributed by atoms with Gasteiger partial charge in [-0.3, -0.25) is 4.79 Å². The highest BCUT2D eigenvalue weighted by molar-refractivity contribution is 8.38. The van der Waals surface area contributed by atoms with E-state index in [1.165, 1.54) is 6.08 Å². The molecule has 0 saturated carbocycles. The van der Waals surface area contributed by atoms with Crippen LogP contribution in [0.25, 0.3) is 0 Å². The monoisotopic (exact) mass is 182 g/mol. The highest BCUT2D eigenvalue weighted by Gasteiger charge is 2.05. The number of carbonyl (C=O) groups is 1.